The Morgan fingerprint density at radius 2 is 1.79 bits per heavy atom. The third kappa shape index (κ3) is 6.03. The molecule has 7 heteroatoms. The molecule has 1 aliphatic carbocycles. The molecule has 0 aromatic heterocycles. The van der Waals surface area contributed by atoms with Gasteiger partial charge in [-0.3, -0.25) is 4.79 Å². The lowest BCUT2D eigenvalue weighted by molar-refractivity contribution is -0.125. The molecule has 0 aromatic rings. The van der Waals surface area contributed by atoms with Crippen molar-refractivity contribution >= 4 is 30.7 Å². The summed E-state index contributed by atoms with van der Waals surface area (Å²) in [6, 6.07) is -0.0763. The molecular weight excluding hydrogens is 349 g/mol. The molecule has 3 aliphatic rings. The van der Waals surface area contributed by atoms with E-state index in [2.05, 4.69) is 10.2 Å². The van der Waals surface area contributed by atoms with Gasteiger partial charge in [0.05, 0.1) is 6.04 Å². The van der Waals surface area contributed by atoms with E-state index in [-0.39, 0.29) is 42.7 Å². The lowest BCUT2D eigenvalue weighted by Crippen LogP contribution is -2.50. The Balaban J connectivity index is 0.00000144. The van der Waals surface area contributed by atoms with Crippen molar-refractivity contribution in [3.63, 3.8) is 0 Å². The van der Waals surface area contributed by atoms with E-state index in [1.54, 1.807) is 0 Å². The summed E-state index contributed by atoms with van der Waals surface area (Å²) in [7, 11) is 0. The van der Waals surface area contributed by atoms with Gasteiger partial charge in [0.1, 0.15) is 0 Å². The molecule has 2 atom stereocenters. The van der Waals surface area contributed by atoms with Gasteiger partial charge >= 0.3 is 0 Å². The first-order valence-electron chi connectivity index (χ1n) is 9.08. The lowest BCUT2D eigenvalue weighted by Gasteiger charge is -2.28. The molecule has 2 unspecified atom stereocenters. The maximum atomic E-state index is 12.4. The molecule has 1 saturated carbocycles. The number of carbonyl (C=O) groups is 1. The van der Waals surface area contributed by atoms with Crippen LogP contribution in [0, 0.1) is 11.8 Å². The molecule has 5 nitrogen and oxygen atoms in total. The van der Waals surface area contributed by atoms with E-state index in [1.165, 1.54) is 32.2 Å². The van der Waals surface area contributed by atoms with E-state index >= 15 is 0 Å². The molecule has 142 valence electrons. The zero-order chi connectivity index (χ0) is 15.4. The summed E-state index contributed by atoms with van der Waals surface area (Å²) in [5.74, 6) is 1.21. The minimum atomic E-state index is -0.368. The number of nitrogens with two attached hydrogens (primary N) is 1. The van der Waals surface area contributed by atoms with Crippen LogP contribution in [0.1, 0.15) is 44.9 Å². The van der Waals surface area contributed by atoms with E-state index in [1.807, 2.05) is 0 Å². The molecule has 0 bridgehead atoms. The number of nitrogens with zero attached hydrogens (tertiary/aromatic N) is 1. The SMILES string of the molecule is Cl.Cl.NC(C(=O)NC1CCN(CC2CCCC2)C1)C1CCOCC1. The number of ether oxygens (including phenoxy) is 1. The third-order valence-corrected chi connectivity index (χ3v) is 5.69. The van der Waals surface area contributed by atoms with Crippen molar-refractivity contribution in [2.45, 2.75) is 57.0 Å². The highest BCUT2D eigenvalue weighted by molar-refractivity contribution is 5.85. The number of likely N-dealkylation sites (tertiary alicyclic amines) is 1. The fourth-order valence-electron chi connectivity index (χ4n) is 4.26. The van der Waals surface area contributed by atoms with Crippen LogP contribution in [-0.2, 0) is 9.53 Å². The maximum Gasteiger partial charge on any atom is 0.237 e. The molecule has 0 spiro atoms. The Hall–Kier alpha value is -0.0700. The first-order chi connectivity index (χ1) is 10.7. The Morgan fingerprint density at radius 3 is 2.46 bits per heavy atom. The van der Waals surface area contributed by atoms with Crippen LogP contribution in [0.25, 0.3) is 0 Å². The quantitative estimate of drug-likeness (QED) is 0.763. The minimum Gasteiger partial charge on any atom is -0.381 e. The van der Waals surface area contributed by atoms with Crippen molar-refractivity contribution in [1.29, 1.82) is 0 Å². The summed E-state index contributed by atoms with van der Waals surface area (Å²) in [4.78, 5) is 14.9. The van der Waals surface area contributed by atoms with Crippen molar-refractivity contribution in [2.24, 2.45) is 17.6 Å². The van der Waals surface area contributed by atoms with Gasteiger partial charge in [0.25, 0.3) is 0 Å². The monoisotopic (exact) mass is 381 g/mol. The molecule has 2 aliphatic heterocycles. The zero-order valence-electron chi connectivity index (χ0n) is 14.5. The molecule has 24 heavy (non-hydrogen) atoms. The average molecular weight is 382 g/mol. The molecule has 3 fully saturated rings. The van der Waals surface area contributed by atoms with Crippen LogP contribution in [0.3, 0.4) is 0 Å². The summed E-state index contributed by atoms with van der Waals surface area (Å²) >= 11 is 0. The van der Waals surface area contributed by atoms with E-state index < -0.39 is 0 Å². The lowest BCUT2D eigenvalue weighted by atomic mass is 9.91. The standard InChI is InChI=1S/C17H31N3O2.2ClH/c18-16(14-6-9-22-10-7-14)17(21)19-15-5-8-20(12-15)11-13-3-1-2-4-13;;/h13-16H,1-12,18H2,(H,19,21);2*1H. The van der Waals surface area contributed by atoms with Gasteiger partial charge in [0, 0.05) is 38.9 Å². The van der Waals surface area contributed by atoms with Crippen LogP contribution in [-0.4, -0.2) is 55.7 Å². The van der Waals surface area contributed by atoms with E-state index in [0.717, 1.165) is 51.5 Å². The second-order valence-corrected chi connectivity index (χ2v) is 7.38. The molecule has 2 saturated heterocycles. The average Bonchev–Trinajstić information content (AvgIpc) is 3.20. The third-order valence-electron chi connectivity index (χ3n) is 5.69. The van der Waals surface area contributed by atoms with Crippen molar-refractivity contribution < 1.29 is 9.53 Å². The van der Waals surface area contributed by atoms with Gasteiger partial charge in [-0.1, -0.05) is 12.8 Å². The number of amides is 1. The fraction of sp³-hybridized carbons (Fsp3) is 0.941. The summed E-state index contributed by atoms with van der Waals surface area (Å²) in [5.41, 5.74) is 6.16. The Labute approximate surface area is 158 Å². The smallest absolute Gasteiger partial charge is 0.237 e. The van der Waals surface area contributed by atoms with E-state index in [0.29, 0.717) is 6.04 Å². The highest BCUT2D eigenvalue weighted by Gasteiger charge is 2.31. The van der Waals surface area contributed by atoms with Crippen LogP contribution in [0.4, 0.5) is 0 Å². The molecule has 1 amide bonds. The van der Waals surface area contributed by atoms with Gasteiger partial charge in [0.2, 0.25) is 5.91 Å². The van der Waals surface area contributed by atoms with E-state index in [4.69, 9.17) is 10.5 Å². The number of hydrogen-bond donors (Lipinski definition) is 2. The van der Waals surface area contributed by atoms with Crippen LogP contribution in [0.15, 0.2) is 0 Å². The van der Waals surface area contributed by atoms with E-state index in [9.17, 15) is 4.79 Å². The number of nitrogens with one attached hydrogen (secondary N) is 1. The van der Waals surface area contributed by atoms with Crippen molar-refractivity contribution in [3.05, 3.63) is 0 Å². The largest absolute Gasteiger partial charge is 0.381 e. The van der Waals surface area contributed by atoms with Crippen molar-refractivity contribution in [2.75, 3.05) is 32.8 Å². The Bertz CT molecular complexity index is 375. The van der Waals surface area contributed by atoms with Gasteiger partial charge < -0.3 is 20.7 Å². The summed E-state index contributed by atoms with van der Waals surface area (Å²) in [5, 5.41) is 3.18. The molecule has 0 aromatic carbocycles. The zero-order valence-corrected chi connectivity index (χ0v) is 16.1. The predicted octanol–water partition coefficient (Wildman–Crippen LogP) is 1.96. The summed E-state index contributed by atoms with van der Waals surface area (Å²) < 4.78 is 5.35. The molecule has 0 radical (unpaired) electrons. The highest BCUT2D eigenvalue weighted by Crippen LogP contribution is 2.26. The van der Waals surface area contributed by atoms with Gasteiger partial charge in [-0.05, 0) is 43.9 Å². The Morgan fingerprint density at radius 1 is 1.12 bits per heavy atom. The number of carbonyl (C=O) groups excluding carboxylic acids is 1. The topological polar surface area (TPSA) is 67.6 Å². The second kappa shape index (κ2) is 10.8. The first-order valence-corrected chi connectivity index (χ1v) is 9.08. The van der Waals surface area contributed by atoms with Crippen LogP contribution in [0.2, 0.25) is 0 Å². The number of rotatable bonds is 5. The van der Waals surface area contributed by atoms with Crippen LogP contribution < -0.4 is 11.1 Å². The van der Waals surface area contributed by atoms with Gasteiger partial charge in [-0.15, -0.1) is 24.8 Å². The van der Waals surface area contributed by atoms with Gasteiger partial charge in [-0.2, -0.15) is 0 Å². The molecule has 3 N–H and O–H groups in total. The molecule has 3 rings (SSSR count). The van der Waals surface area contributed by atoms with Gasteiger partial charge in [-0.25, -0.2) is 0 Å². The summed E-state index contributed by atoms with van der Waals surface area (Å²) in [6.45, 7) is 4.82. The van der Waals surface area contributed by atoms with Crippen molar-refractivity contribution in [1.82, 2.24) is 10.2 Å². The first kappa shape index (κ1) is 22.0. The maximum absolute atomic E-state index is 12.4. The number of hydrogen-bond acceptors (Lipinski definition) is 4. The second-order valence-electron chi connectivity index (χ2n) is 7.38. The molecule has 2 heterocycles. The van der Waals surface area contributed by atoms with Gasteiger partial charge in [0.15, 0.2) is 0 Å². The minimum absolute atomic E-state index is 0. The number of halogens is 2. The Kier molecular flexibility index (Phi) is 9.90. The predicted molar refractivity (Wildman–Crippen MR) is 101 cm³/mol. The highest BCUT2D eigenvalue weighted by atomic mass is 35.5. The molecular formula is C17H33Cl2N3O2. The van der Waals surface area contributed by atoms with Crippen LogP contribution >= 0.6 is 24.8 Å². The normalized spacial score (nSPS) is 27.3. The fourth-order valence-corrected chi connectivity index (χ4v) is 4.26. The summed E-state index contributed by atoms with van der Waals surface area (Å²) in [6.07, 6.45) is 8.47. The van der Waals surface area contributed by atoms with Crippen molar-refractivity contribution in [3.8, 4) is 0 Å². The van der Waals surface area contributed by atoms with Crippen LogP contribution in [0.5, 0.6) is 0 Å².